The molecule has 4 unspecified atom stereocenters. The van der Waals surface area contributed by atoms with E-state index < -0.39 is 41.5 Å². The highest BCUT2D eigenvalue weighted by atomic mass is 16.6. The fourth-order valence-electron chi connectivity index (χ4n) is 4.53. The quantitative estimate of drug-likeness (QED) is 0.258. The molecule has 2 aromatic rings. The molecule has 0 saturated carbocycles. The third-order valence-electron chi connectivity index (χ3n) is 7.22. The first-order valence-corrected chi connectivity index (χ1v) is 14.6. The summed E-state index contributed by atoms with van der Waals surface area (Å²) in [6.45, 7) is 5.42. The number of carbonyl (C=O) groups is 4. The number of alkyl carbamates (subject to hydrolysis) is 1. The Morgan fingerprint density at radius 2 is 1.63 bits per heavy atom. The molecule has 0 spiro atoms. The molecule has 0 saturated heterocycles. The van der Waals surface area contributed by atoms with Gasteiger partial charge >= 0.3 is 12.1 Å². The van der Waals surface area contributed by atoms with E-state index in [1.807, 2.05) is 81.4 Å². The molecule has 4 N–H and O–H groups in total. The number of rotatable bonds is 9. The molecule has 1 heterocycles. The van der Waals surface area contributed by atoms with Gasteiger partial charge in [-0.15, -0.1) is 0 Å². The van der Waals surface area contributed by atoms with E-state index in [0.717, 1.165) is 11.1 Å². The first kappa shape index (κ1) is 33.3. The molecule has 4 atom stereocenters. The second-order valence-corrected chi connectivity index (χ2v) is 11.8. The lowest BCUT2D eigenvalue weighted by atomic mass is 9.86. The molecule has 0 aromatic heterocycles. The number of hydrogen-bond acceptors (Lipinski definition) is 7. The molecule has 1 aliphatic rings. The Kier molecular flexibility index (Phi) is 12.8. The highest BCUT2D eigenvalue weighted by molar-refractivity contribution is 5.86. The molecule has 232 valence electrons. The van der Waals surface area contributed by atoms with Crippen molar-refractivity contribution in [3.05, 3.63) is 83.9 Å². The van der Waals surface area contributed by atoms with E-state index in [9.17, 15) is 24.3 Å². The van der Waals surface area contributed by atoms with E-state index in [2.05, 4.69) is 16.0 Å². The van der Waals surface area contributed by atoms with Crippen LogP contribution in [0, 0.1) is 11.3 Å². The van der Waals surface area contributed by atoms with E-state index in [-0.39, 0.29) is 50.9 Å². The molecular formula is C33H43N3O7. The summed E-state index contributed by atoms with van der Waals surface area (Å²) in [6, 6.07) is 16.7. The van der Waals surface area contributed by atoms with Crippen LogP contribution in [0.1, 0.15) is 51.2 Å². The predicted octanol–water partition coefficient (Wildman–Crippen LogP) is 3.43. The molecule has 0 bridgehead atoms. The average molecular weight is 594 g/mol. The van der Waals surface area contributed by atoms with Gasteiger partial charge in [0.25, 0.3) is 0 Å². The molecule has 3 amide bonds. The topological polar surface area (TPSA) is 143 Å². The SMILES string of the molecule is CC(C)(C)C1COC(=O)C(NC(=O)OCc2ccccc2)CC=CCC(CC(=O)NC(CO)Cc2ccccc2)C(=O)N1. The largest absolute Gasteiger partial charge is 0.462 e. The van der Waals surface area contributed by atoms with Crippen molar-refractivity contribution in [3.8, 4) is 0 Å². The summed E-state index contributed by atoms with van der Waals surface area (Å²) < 4.78 is 10.8. The molecule has 10 nitrogen and oxygen atoms in total. The Labute approximate surface area is 253 Å². The first-order valence-electron chi connectivity index (χ1n) is 14.6. The Morgan fingerprint density at radius 3 is 2.26 bits per heavy atom. The van der Waals surface area contributed by atoms with Crippen molar-refractivity contribution in [1.82, 2.24) is 16.0 Å². The lowest BCUT2D eigenvalue weighted by molar-refractivity contribution is -0.148. The lowest BCUT2D eigenvalue weighted by Crippen LogP contribution is -2.51. The van der Waals surface area contributed by atoms with Crippen molar-refractivity contribution in [2.75, 3.05) is 13.2 Å². The Balaban J connectivity index is 1.68. The van der Waals surface area contributed by atoms with Crippen LogP contribution in [0.15, 0.2) is 72.8 Å². The van der Waals surface area contributed by atoms with E-state index >= 15 is 0 Å². The van der Waals surface area contributed by atoms with Crippen molar-refractivity contribution in [3.63, 3.8) is 0 Å². The van der Waals surface area contributed by atoms with Gasteiger partial charge in [0.05, 0.1) is 24.6 Å². The summed E-state index contributed by atoms with van der Waals surface area (Å²) in [6.07, 6.45) is 3.36. The first-order chi connectivity index (χ1) is 20.5. The van der Waals surface area contributed by atoms with Crippen LogP contribution < -0.4 is 16.0 Å². The van der Waals surface area contributed by atoms with Crippen LogP contribution in [0.2, 0.25) is 0 Å². The fraction of sp³-hybridized carbons (Fsp3) is 0.455. The minimum Gasteiger partial charge on any atom is -0.462 e. The highest BCUT2D eigenvalue weighted by Crippen LogP contribution is 2.22. The zero-order chi connectivity index (χ0) is 31.2. The smallest absolute Gasteiger partial charge is 0.408 e. The number of ether oxygens (including phenoxy) is 2. The van der Waals surface area contributed by atoms with Gasteiger partial charge in [0, 0.05) is 6.42 Å². The summed E-state index contributed by atoms with van der Waals surface area (Å²) in [5.41, 5.74) is 1.31. The minimum absolute atomic E-state index is 0.0502. The standard InChI is InChI=1S/C33H43N3O7/c1-33(2,3)28-22-42-31(40)27(35-32(41)43-21-24-14-8-5-9-15-24)17-11-10-16-25(30(39)36-28)19-29(38)34-26(20-37)18-23-12-6-4-7-13-23/h4-15,25-28,37H,16-22H2,1-3H3,(H,34,38)(H,35,41)(H,36,39). The zero-order valence-electron chi connectivity index (χ0n) is 25.1. The van der Waals surface area contributed by atoms with Crippen LogP contribution in [0.3, 0.4) is 0 Å². The number of cyclic esters (lactones) is 1. The maximum atomic E-state index is 13.4. The summed E-state index contributed by atoms with van der Waals surface area (Å²) in [4.78, 5) is 51.8. The Hall–Kier alpha value is -4.18. The number of nitrogens with one attached hydrogen (secondary N) is 3. The summed E-state index contributed by atoms with van der Waals surface area (Å²) in [5.74, 6) is -2.03. The Morgan fingerprint density at radius 1 is 1.00 bits per heavy atom. The molecular weight excluding hydrogens is 550 g/mol. The van der Waals surface area contributed by atoms with Crippen LogP contribution in [0.5, 0.6) is 0 Å². The van der Waals surface area contributed by atoms with E-state index in [1.54, 1.807) is 12.2 Å². The molecule has 0 aliphatic carbocycles. The molecule has 0 radical (unpaired) electrons. The van der Waals surface area contributed by atoms with E-state index in [1.165, 1.54) is 0 Å². The highest BCUT2D eigenvalue weighted by Gasteiger charge is 2.33. The van der Waals surface area contributed by atoms with Crippen LogP contribution in [0.4, 0.5) is 4.79 Å². The number of aliphatic hydroxyl groups is 1. The molecule has 0 fully saturated rings. The zero-order valence-corrected chi connectivity index (χ0v) is 25.1. The van der Waals surface area contributed by atoms with Crippen molar-refractivity contribution in [1.29, 1.82) is 0 Å². The predicted molar refractivity (Wildman–Crippen MR) is 162 cm³/mol. The number of esters is 1. The third-order valence-corrected chi connectivity index (χ3v) is 7.22. The van der Waals surface area contributed by atoms with Crippen LogP contribution in [0.25, 0.3) is 0 Å². The molecule has 2 aromatic carbocycles. The normalized spacial score (nSPS) is 20.4. The van der Waals surface area contributed by atoms with Gasteiger partial charge in [0.15, 0.2) is 0 Å². The maximum Gasteiger partial charge on any atom is 0.408 e. The van der Waals surface area contributed by atoms with Gasteiger partial charge < -0.3 is 30.5 Å². The molecule has 1 aliphatic heterocycles. The number of benzene rings is 2. The van der Waals surface area contributed by atoms with Gasteiger partial charge in [0.2, 0.25) is 11.8 Å². The molecule has 10 heteroatoms. The van der Waals surface area contributed by atoms with E-state index in [0.29, 0.717) is 6.42 Å². The summed E-state index contributed by atoms with van der Waals surface area (Å²) >= 11 is 0. The number of carbonyl (C=O) groups excluding carboxylic acids is 4. The summed E-state index contributed by atoms with van der Waals surface area (Å²) in [5, 5.41) is 18.2. The van der Waals surface area contributed by atoms with Gasteiger partial charge in [-0.2, -0.15) is 0 Å². The fourth-order valence-corrected chi connectivity index (χ4v) is 4.53. The number of aliphatic hydroxyl groups excluding tert-OH is 1. The van der Waals surface area contributed by atoms with Gasteiger partial charge in [-0.25, -0.2) is 9.59 Å². The molecule has 43 heavy (non-hydrogen) atoms. The van der Waals surface area contributed by atoms with Gasteiger partial charge in [0.1, 0.15) is 19.3 Å². The second kappa shape index (κ2) is 16.5. The lowest BCUT2D eigenvalue weighted by Gasteiger charge is -2.33. The van der Waals surface area contributed by atoms with Crippen LogP contribution in [-0.2, 0) is 36.9 Å². The van der Waals surface area contributed by atoms with Crippen LogP contribution in [-0.4, -0.2) is 60.3 Å². The Bertz CT molecular complexity index is 1230. The maximum absolute atomic E-state index is 13.4. The van der Waals surface area contributed by atoms with Gasteiger partial charge in [-0.1, -0.05) is 93.6 Å². The minimum atomic E-state index is -1.000. The molecule has 3 rings (SSSR count). The number of amides is 3. The van der Waals surface area contributed by atoms with Crippen molar-refractivity contribution < 1.29 is 33.8 Å². The van der Waals surface area contributed by atoms with Crippen molar-refractivity contribution in [2.45, 2.75) is 71.2 Å². The van der Waals surface area contributed by atoms with Gasteiger partial charge in [-0.3, -0.25) is 9.59 Å². The van der Waals surface area contributed by atoms with Crippen LogP contribution >= 0.6 is 0 Å². The van der Waals surface area contributed by atoms with Crippen molar-refractivity contribution >= 4 is 23.9 Å². The second-order valence-electron chi connectivity index (χ2n) is 11.8. The summed E-state index contributed by atoms with van der Waals surface area (Å²) in [7, 11) is 0. The average Bonchev–Trinajstić information content (AvgIpc) is 2.98. The monoisotopic (exact) mass is 593 g/mol. The van der Waals surface area contributed by atoms with Gasteiger partial charge in [-0.05, 0) is 35.8 Å². The number of allylic oxidation sites excluding steroid dienone is 1. The number of hydrogen-bond donors (Lipinski definition) is 4. The third kappa shape index (κ3) is 11.5. The van der Waals surface area contributed by atoms with E-state index in [4.69, 9.17) is 9.47 Å². The van der Waals surface area contributed by atoms with Crippen molar-refractivity contribution in [2.24, 2.45) is 11.3 Å².